The number of alkyl halides is 3. The first kappa shape index (κ1) is 21.0. The molecule has 2 aromatic carbocycles. The van der Waals surface area contributed by atoms with Crippen LogP contribution in [-0.4, -0.2) is 50.9 Å². The monoisotopic (exact) mass is 430 g/mol. The quantitative estimate of drug-likeness (QED) is 0.625. The molecular formula is C22H21F3N4O2. The summed E-state index contributed by atoms with van der Waals surface area (Å²) in [5.74, 6) is -0.184. The number of rotatable bonds is 3. The number of nitrogens with zero attached hydrogens (tertiary/aromatic N) is 4. The van der Waals surface area contributed by atoms with Crippen LogP contribution in [0.1, 0.15) is 30.0 Å². The van der Waals surface area contributed by atoms with Crippen molar-refractivity contribution in [1.29, 1.82) is 0 Å². The summed E-state index contributed by atoms with van der Waals surface area (Å²) in [6.07, 6.45) is -4.50. The number of amides is 1. The fourth-order valence-corrected chi connectivity index (χ4v) is 3.53. The van der Waals surface area contributed by atoms with E-state index in [-0.39, 0.29) is 17.3 Å². The van der Waals surface area contributed by atoms with Crippen LogP contribution in [0.3, 0.4) is 0 Å². The number of halogens is 3. The minimum atomic E-state index is -4.50. The zero-order valence-corrected chi connectivity index (χ0v) is 17.1. The van der Waals surface area contributed by atoms with Gasteiger partial charge in [0.2, 0.25) is 5.82 Å². The van der Waals surface area contributed by atoms with Crippen LogP contribution in [0.25, 0.3) is 17.1 Å². The summed E-state index contributed by atoms with van der Waals surface area (Å²) in [7, 11) is 0. The molecule has 31 heavy (non-hydrogen) atoms. The second-order valence-corrected chi connectivity index (χ2v) is 7.91. The Kier molecular flexibility index (Phi) is 5.30. The van der Waals surface area contributed by atoms with Crippen molar-refractivity contribution in [3.8, 4) is 17.1 Å². The SMILES string of the molecule is CC1(C)COCCN1C(=O)c1nc(-c2ccccc2)n(-c2cccc(C(F)(F)F)c2)n1. The minimum Gasteiger partial charge on any atom is -0.377 e. The summed E-state index contributed by atoms with van der Waals surface area (Å²) in [6, 6.07) is 13.7. The zero-order chi connectivity index (χ0) is 22.2. The van der Waals surface area contributed by atoms with E-state index in [4.69, 9.17) is 4.74 Å². The molecule has 4 rings (SSSR count). The number of hydrogen-bond donors (Lipinski definition) is 0. The highest BCUT2D eigenvalue weighted by molar-refractivity contribution is 5.91. The first-order valence-corrected chi connectivity index (χ1v) is 9.77. The molecule has 0 spiro atoms. The fraction of sp³-hybridized carbons (Fsp3) is 0.318. The van der Waals surface area contributed by atoms with Gasteiger partial charge >= 0.3 is 6.18 Å². The van der Waals surface area contributed by atoms with Crippen LogP contribution in [0.4, 0.5) is 13.2 Å². The van der Waals surface area contributed by atoms with Gasteiger partial charge in [-0.2, -0.15) is 13.2 Å². The Morgan fingerprint density at radius 2 is 1.84 bits per heavy atom. The van der Waals surface area contributed by atoms with Crippen molar-refractivity contribution in [3.63, 3.8) is 0 Å². The van der Waals surface area contributed by atoms with E-state index in [9.17, 15) is 18.0 Å². The van der Waals surface area contributed by atoms with Crippen molar-refractivity contribution < 1.29 is 22.7 Å². The lowest BCUT2D eigenvalue weighted by Gasteiger charge is -2.41. The van der Waals surface area contributed by atoms with E-state index in [1.54, 1.807) is 29.2 Å². The van der Waals surface area contributed by atoms with E-state index in [0.29, 0.717) is 25.3 Å². The minimum absolute atomic E-state index is 0.0776. The number of aromatic nitrogens is 3. The smallest absolute Gasteiger partial charge is 0.377 e. The molecule has 0 N–H and O–H groups in total. The molecule has 162 valence electrons. The van der Waals surface area contributed by atoms with Gasteiger partial charge in [-0.25, -0.2) is 9.67 Å². The maximum absolute atomic E-state index is 13.3. The molecule has 1 saturated heterocycles. The average molecular weight is 430 g/mol. The van der Waals surface area contributed by atoms with Gasteiger partial charge in [0.25, 0.3) is 5.91 Å². The Morgan fingerprint density at radius 1 is 1.10 bits per heavy atom. The zero-order valence-electron chi connectivity index (χ0n) is 17.1. The van der Waals surface area contributed by atoms with Crippen molar-refractivity contribution in [2.75, 3.05) is 19.8 Å². The molecule has 1 fully saturated rings. The molecule has 0 radical (unpaired) electrons. The molecule has 1 aliphatic rings. The van der Waals surface area contributed by atoms with Gasteiger partial charge in [-0.05, 0) is 32.0 Å². The fourth-order valence-electron chi connectivity index (χ4n) is 3.53. The third-order valence-electron chi connectivity index (χ3n) is 5.14. The first-order valence-electron chi connectivity index (χ1n) is 9.77. The topological polar surface area (TPSA) is 60.2 Å². The van der Waals surface area contributed by atoms with Crippen molar-refractivity contribution >= 4 is 5.91 Å². The molecule has 9 heteroatoms. The molecule has 0 saturated carbocycles. The van der Waals surface area contributed by atoms with Gasteiger partial charge in [-0.3, -0.25) is 4.79 Å². The molecule has 0 bridgehead atoms. The molecule has 0 aliphatic carbocycles. The van der Waals surface area contributed by atoms with Crippen molar-refractivity contribution in [1.82, 2.24) is 19.7 Å². The van der Waals surface area contributed by atoms with Crippen molar-refractivity contribution in [2.45, 2.75) is 25.6 Å². The van der Waals surface area contributed by atoms with Crippen LogP contribution in [0.5, 0.6) is 0 Å². The molecule has 1 aromatic heterocycles. The van der Waals surface area contributed by atoms with Gasteiger partial charge in [0.05, 0.1) is 30.0 Å². The Labute approximate surface area is 177 Å². The molecule has 1 amide bonds. The molecule has 0 unspecified atom stereocenters. The molecule has 6 nitrogen and oxygen atoms in total. The number of hydrogen-bond acceptors (Lipinski definition) is 4. The summed E-state index contributed by atoms with van der Waals surface area (Å²) < 4.78 is 46.5. The summed E-state index contributed by atoms with van der Waals surface area (Å²) in [4.78, 5) is 19.3. The molecule has 1 aliphatic heterocycles. The lowest BCUT2D eigenvalue weighted by molar-refractivity contribution is -0.137. The Morgan fingerprint density at radius 3 is 2.52 bits per heavy atom. The van der Waals surface area contributed by atoms with Gasteiger partial charge in [-0.15, -0.1) is 5.10 Å². The molecule has 0 atom stereocenters. The molecular weight excluding hydrogens is 409 g/mol. The van der Waals surface area contributed by atoms with Crippen LogP contribution in [0.15, 0.2) is 54.6 Å². The largest absolute Gasteiger partial charge is 0.416 e. The summed E-state index contributed by atoms with van der Waals surface area (Å²) in [5.41, 5.74) is -0.556. The van der Waals surface area contributed by atoms with E-state index in [1.165, 1.54) is 16.8 Å². The van der Waals surface area contributed by atoms with E-state index >= 15 is 0 Å². The van der Waals surface area contributed by atoms with Crippen molar-refractivity contribution in [2.24, 2.45) is 0 Å². The highest BCUT2D eigenvalue weighted by Gasteiger charge is 2.37. The van der Waals surface area contributed by atoms with Crippen molar-refractivity contribution in [3.05, 3.63) is 66.0 Å². The number of benzene rings is 2. The number of carbonyl (C=O) groups is 1. The van der Waals surface area contributed by atoms with Crippen LogP contribution in [0, 0.1) is 0 Å². The highest BCUT2D eigenvalue weighted by atomic mass is 19.4. The Balaban J connectivity index is 1.82. The average Bonchev–Trinajstić information content (AvgIpc) is 3.19. The van der Waals surface area contributed by atoms with Gasteiger partial charge in [-0.1, -0.05) is 36.4 Å². The van der Waals surface area contributed by atoms with Gasteiger partial charge in [0.1, 0.15) is 0 Å². The first-order chi connectivity index (χ1) is 14.7. The lowest BCUT2D eigenvalue weighted by atomic mass is 10.0. The second kappa shape index (κ2) is 7.81. The predicted octanol–water partition coefficient (Wildman–Crippen LogP) is 4.20. The van der Waals surface area contributed by atoms with E-state index in [2.05, 4.69) is 10.1 Å². The van der Waals surface area contributed by atoms with Gasteiger partial charge in [0.15, 0.2) is 5.82 Å². The lowest BCUT2D eigenvalue weighted by Crippen LogP contribution is -2.55. The van der Waals surface area contributed by atoms with Crippen LogP contribution in [0.2, 0.25) is 0 Å². The number of ether oxygens (including phenoxy) is 1. The standard InChI is InChI=1S/C22H21F3N4O2/c1-21(2)14-31-12-11-28(21)20(30)18-26-19(15-7-4-3-5-8-15)29(27-18)17-10-6-9-16(13-17)22(23,24)25/h3-10,13H,11-12,14H2,1-2H3. The second-order valence-electron chi connectivity index (χ2n) is 7.91. The van der Waals surface area contributed by atoms with Gasteiger partial charge in [0, 0.05) is 12.1 Å². The number of morpholine rings is 1. The maximum atomic E-state index is 13.3. The Hall–Kier alpha value is -3.20. The van der Waals surface area contributed by atoms with E-state index < -0.39 is 23.2 Å². The maximum Gasteiger partial charge on any atom is 0.416 e. The van der Waals surface area contributed by atoms with E-state index in [1.807, 2.05) is 19.9 Å². The number of carbonyl (C=O) groups excluding carboxylic acids is 1. The van der Waals surface area contributed by atoms with E-state index in [0.717, 1.165) is 12.1 Å². The summed E-state index contributed by atoms with van der Waals surface area (Å²) in [5, 5.41) is 4.33. The molecule has 2 heterocycles. The predicted molar refractivity (Wildman–Crippen MR) is 108 cm³/mol. The normalized spacial score (nSPS) is 16.4. The highest BCUT2D eigenvalue weighted by Crippen LogP contribution is 2.31. The molecule has 3 aromatic rings. The third-order valence-corrected chi connectivity index (χ3v) is 5.14. The summed E-state index contributed by atoms with van der Waals surface area (Å²) >= 11 is 0. The van der Waals surface area contributed by atoms with Crippen LogP contribution < -0.4 is 0 Å². The van der Waals surface area contributed by atoms with Crippen LogP contribution in [-0.2, 0) is 10.9 Å². The third kappa shape index (κ3) is 4.18. The van der Waals surface area contributed by atoms with Gasteiger partial charge < -0.3 is 9.64 Å². The Bertz CT molecular complexity index is 1090. The van der Waals surface area contributed by atoms with Crippen LogP contribution >= 0.6 is 0 Å². The summed E-state index contributed by atoms with van der Waals surface area (Å²) in [6.45, 7) is 4.91.